The number of hydrogen-bond acceptors (Lipinski definition) is 0. The van der Waals surface area contributed by atoms with E-state index in [0.29, 0.717) is 0 Å². The van der Waals surface area contributed by atoms with E-state index in [1.165, 1.54) is 86.9 Å². The van der Waals surface area contributed by atoms with E-state index in [1.807, 2.05) is 0 Å². The molecule has 0 bridgehead atoms. The van der Waals surface area contributed by atoms with Crippen molar-refractivity contribution in [3.8, 4) is 11.1 Å². The Bertz CT molecular complexity index is 2000. The fourth-order valence-electron chi connectivity index (χ4n) is 6.79. The highest BCUT2D eigenvalue weighted by atomic mass is 14.3. The second kappa shape index (κ2) is 4.71. The van der Waals surface area contributed by atoms with Crippen LogP contribution >= 0.6 is 0 Å². The second-order valence-electron chi connectivity index (χ2n) is 9.26. The number of hydrogen-bond donors (Lipinski definition) is 0. The fraction of sp³-hybridized carbons (Fsp3) is 0.0323. The van der Waals surface area contributed by atoms with Crippen LogP contribution in [0.4, 0.5) is 0 Å². The molecule has 0 amide bonds. The smallest absolute Gasteiger partial charge is 0.000698 e. The van der Waals surface area contributed by atoms with Crippen LogP contribution in [0.25, 0.3) is 75.8 Å². The summed E-state index contributed by atoms with van der Waals surface area (Å²) in [5, 5.41) is 17.1. The van der Waals surface area contributed by atoms with Crippen LogP contribution in [0, 0.1) is 0 Å². The van der Waals surface area contributed by atoms with Gasteiger partial charge in [-0.2, -0.15) is 0 Å². The largest absolute Gasteiger partial charge is 0.0616 e. The summed E-state index contributed by atoms with van der Waals surface area (Å²) in [6, 6.07) is 32.2. The Hall–Kier alpha value is -3.90. The van der Waals surface area contributed by atoms with Gasteiger partial charge in [0.05, 0.1) is 0 Å². The first-order valence-corrected chi connectivity index (χ1v) is 11.1. The highest BCUT2D eigenvalue weighted by Gasteiger charge is 2.28. The topological polar surface area (TPSA) is 0 Å². The van der Waals surface area contributed by atoms with Crippen LogP contribution in [-0.4, -0.2) is 0 Å². The van der Waals surface area contributed by atoms with Gasteiger partial charge in [0.25, 0.3) is 0 Å². The van der Waals surface area contributed by atoms with Gasteiger partial charge in [-0.3, -0.25) is 0 Å². The maximum Gasteiger partial charge on any atom is -0.000698 e. The summed E-state index contributed by atoms with van der Waals surface area (Å²) in [5.74, 6) is 0. The first-order chi connectivity index (χ1) is 15.4. The molecule has 0 heterocycles. The van der Waals surface area contributed by atoms with Crippen molar-refractivity contribution in [2.45, 2.75) is 6.42 Å². The minimum Gasteiger partial charge on any atom is -0.0616 e. The number of fused-ring (bicyclic) bond motifs is 4. The van der Waals surface area contributed by atoms with Gasteiger partial charge < -0.3 is 0 Å². The van der Waals surface area contributed by atoms with Crippen molar-refractivity contribution < 1.29 is 0 Å². The second-order valence-corrected chi connectivity index (χ2v) is 9.26. The predicted molar refractivity (Wildman–Crippen MR) is 133 cm³/mol. The van der Waals surface area contributed by atoms with Crippen LogP contribution in [0.5, 0.6) is 0 Å². The molecule has 0 aliphatic heterocycles. The molecule has 0 N–H and O–H groups in total. The zero-order valence-electron chi connectivity index (χ0n) is 16.8. The van der Waals surface area contributed by atoms with E-state index < -0.39 is 0 Å². The summed E-state index contributed by atoms with van der Waals surface area (Å²) in [4.78, 5) is 0. The summed E-state index contributed by atoms with van der Waals surface area (Å²) in [6.45, 7) is 0. The van der Waals surface area contributed by atoms with Crippen LogP contribution in [0.2, 0.25) is 0 Å². The molecule has 0 radical (unpaired) electrons. The molecule has 0 atom stereocenters. The molecular weight excluding hydrogens is 372 g/mol. The monoisotopic (exact) mass is 388 g/mol. The third-order valence-electron chi connectivity index (χ3n) is 7.87. The molecule has 7 aromatic carbocycles. The van der Waals surface area contributed by atoms with Gasteiger partial charge in [0.15, 0.2) is 0 Å². The number of benzene rings is 7. The summed E-state index contributed by atoms with van der Waals surface area (Å²) in [7, 11) is 0. The summed E-state index contributed by atoms with van der Waals surface area (Å²) < 4.78 is 0. The van der Waals surface area contributed by atoms with Gasteiger partial charge in [-0.15, -0.1) is 0 Å². The molecular formula is C31H16. The van der Waals surface area contributed by atoms with E-state index in [2.05, 4.69) is 84.9 Å². The Morgan fingerprint density at radius 3 is 2.26 bits per heavy atom. The molecule has 2 aliphatic carbocycles. The Morgan fingerprint density at radius 1 is 0.387 bits per heavy atom. The van der Waals surface area contributed by atoms with Gasteiger partial charge >= 0.3 is 0 Å². The standard InChI is InChI=1S/C31H16/c1-2-9-21-17(5-1)13-20-14-18-7-3-8-19-15-24-22-10-4-6-16-11-12-23-28(21)27(20)31(25(18)19)30(24)29(23)26(16)22/h1-13,15H,14H2. The first-order valence-electron chi connectivity index (χ1n) is 11.1. The van der Waals surface area contributed by atoms with Crippen molar-refractivity contribution in [1.29, 1.82) is 0 Å². The van der Waals surface area contributed by atoms with Crippen molar-refractivity contribution in [2.75, 3.05) is 0 Å². The van der Waals surface area contributed by atoms with E-state index in [1.54, 1.807) is 0 Å². The van der Waals surface area contributed by atoms with E-state index >= 15 is 0 Å². The molecule has 0 nitrogen and oxygen atoms in total. The van der Waals surface area contributed by atoms with E-state index in [4.69, 9.17) is 0 Å². The number of rotatable bonds is 0. The SMILES string of the molecule is c1ccc2c(c1)cc1c3c2c2ccc4cccc5c4c2c2c-5cc4cccc(c4c32)C1. The van der Waals surface area contributed by atoms with Crippen molar-refractivity contribution in [3.05, 3.63) is 96.1 Å². The van der Waals surface area contributed by atoms with E-state index in [-0.39, 0.29) is 0 Å². The van der Waals surface area contributed by atoms with Gasteiger partial charge in [0, 0.05) is 0 Å². The lowest BCUT2D eigenvalue weighted by Crippen LogP contribution is -2.00. The predicted octanol–water partition coefficient (Wildman–Crippen LogP) is 8.49. The molecule has 0 heteroatoms. The lowest BCUT2D eigenvalue weighted by atomic mass is 9.80. The van der Waals surface area contributed by atoms with Crippen LogP contribution in [0.15, 0.2) is 84.9 Å². The summed E-state index contributed by atoms with van der Waals surface area (Å²) >= 11 is 0. The normalized spacial score (nSPS) is 13.7. The molecule has 0 aromatic heterocycles. The lowest BCUT2D eigenvalue weighted by molar-refractivity contribution is 1.24. The zero-order valence-corrected chi connectivity index (χ0v) is 16.8. The van der Waals surface area contributed by atoms with Crippen molar-refractivity contribution in [3.63, 3.8) is 0 Å². The van der Waals surface area contributed by atoms with Crippen LogP contribution < -0.4 is 0 Å². The van der Waals surface area contributed by atoms with E-state index in [9.17, 15) is 0 Å². The quantitative estimate of drug-likeness (QED) is 0.228. The zero-order chi connectivity index (χ0) is 19.8. The molecule has 0 saturated carbocycles. The minimum absolute atomic E-state index is 1.01. The maximum absolute atomic E-state index is 2.45. The Kier molecular flexibility index (Phi) is 2.28. The van der Waals surface area contributed by atoms with E-state index in [0.717, 1.165) is 6.42 Å². The van der Waals surface area contributed by atoms with Gasteiger partial charge in [0.2, 0.25) is 0 Å². The van der Waals surface area contributed by atoms with Crippen molar-refractivity contribution in [2.24, 2.45) is 0 Å². The van der Waals surface area contributed by atoms with Gasteiger partial charge in [-0.25, -0.2) is 0 Å². The average Bonchev–Trinajstić information content (AvgIpc) is 3.15. The molecule has 9 rings (SSSR count). The highest BCUT2D eigenvalue weighted by Crippen LogP contribution is 2.55. The molecule has 0 unspecified atom stereocenters. The van der Waals surface area contributed by atoms with Gasteiger partial charge in [-0.05, 0) is 99.4 Å². The summed E-state index contributed by atoms with van der Waals surface area (Å²) in [6.07, 6.45) is 1.01. The summed E-state index contributed by atoms with van der Waals surface area (Å²) in [5.41, 5.74) is 5.76. The Balaban J connectivity index is 1.80. The first kappa shape index (κ1) is 15.0. The lowest BCUT2D eigenvalue weighted by Gasteiger charge is -2.23. The fourth-order valence-corrected chi connectivity index (χ4v) is 6.79. The molecule has 31 heavy (non-hydrogen) atoms. The van der Waals surface area contributed by atoms with Crippen molar-refractivity contribution in [1.82, 2.24) is 0 Å². The third kappa shape index (κ3) is 1.51. The maximum atomic E-state index is 2.45. The third-order valence-corrected chi connectivity index (χ3v) is 7.87. The molecule has 0 spiro atoms. The molecule has 140 valence electrons. The van der Waals surface area contributed by atoms with Crippen LogP contribution in [0.1, 0.15) is 11.1 Å². The molecule has 0 fully saturated rings. The highest BCUT2D eigenvalue weighted by molar-refractivity contribution is 6.46. The van der Waals surface area contributed by atoms with Crippen LogP contribution in [0.3, 0.4) is 0 Å². The molecule has 2 aliphatic rings. The molecule has 0 saturated heterocycles. The molecule has 7 aromatic rings. The Morgan fingerprint density at radius 2 is 1.26 bits per heavy atom. The van der Waals surface area contributed by atoms with Crippen LogP contribution in [-0.2, 0) is 6.42 Å². The van der Waals surface area contributed by atoms with Gasteiger partial charge in [-0.1, -0.05) is 78.9 Å². The average molecular weight is 388 g/mol. The van der Waals surface area contributed by atoms with Gasteiger partial charge in [0.1, 0.15) is 0 Å². The Labute approximate surface area is 178 Å². The van der Waals surface area contributed by atoms with Crippen molar-refractivity contribution >= 4 is 64.6 Å². The minimum atomic E-state index is 1.01.